The van der Waals surface area contributed by atoms with E-state index < -0.39 is 86.8 Å². The molecule has 14 heteroatoms. The second-order valence-corrected chi connectivity index (χ2v) is 24.6. The summed E-state index contributed by atoms with van der Waals surface area (Å²) in [6.45, 7) is 2.66. The van der Waals surface area contributed by atoms with Gasteiger partial charge >= 0.3 is 0 Å². The number of nitrogens with one attached hydrogen (secondary N) is 1. The van der Waals surface area contributed by atoms with E-state index in [2.05, 4.69) is 129 Å². The zero-order chi connectivity index (χ0) is 65.2. The van der Waals surface area contributed by atoms with Gasteiger partial charge in [-0.1, -0.05) is 289 Å². The van der Waals surface area contributed by atoms with Crippen LogP contribution in [0.25, 0.3) is 0 Å². The summed E-state index contributed by atoms with van der Waals surface area (Å²) in [5, 5.41) is 87.4. The van der Waals surface area contributed by atoms with Crippen molar-refractivity contribution in [1.29, 1.82) is 0 Å². The van der Waals surface area contributed by atoms with Gasteiger partial charge in [-0.3, -0.25) is 4.79 Å². The maximum atomic E-state index is 13.3. The molecule has 0 spiro atoms. The number of carbonyl (C=O) groups is 1. The average molecular weight is 1260 g/mol. The first-order chi connectivity index (χ1) is 44.1. The molecule has 9 N–H and O–H groups in total. The molecule has 0 saturated carbocycles. The maximum absolute atomic E-state index is 13.3. The van der Waals surface area contributed by atoms with Crippen LogP contribution in [-0.4, -0.2) is 140 Å². The largest absolute Gasteiger partial charge is 0.394 e. The Kier molecular flexibility index (Phi) is 54.2. The molecule has 2 heterocycles. The van der Waals surface area contributed by atoms with Crippen molar-refractivity contribution < 1.29 is 64.6 Å². The molecule has 0 aliphatic carbocycles. The lowest BCUT2D eigenvalue weighted by Gasteiger charge is -2.46. The molecule has 2 aliphatic rings. The lowest BCUT2D eigenvalue weighted by Crippen LogP contribution is -2.65. The van der Waals surface area contributed by atoms with Crippen molar-refractivity contribution >= 4 is 5.91 Å². The van der Waals surface area contributed by atoms with Crippen molar-refractivity contribution in [3.05, 3.63) is 122 Å². The fraction of sp³-hybridized carbons (Fsp3) is 0.724. The summed E-state index contributed by atoms with van der Waals surface area (Å²) in [7, 11) is 0. The van der Waals surface area contributed by atoms with Gasteiger partial charge in [0.1, 0.15) is 48.8 Å². The second kappa shape index (κ2) is 59.2. The first-order valence-corrected chi connectivity index (χ1v) is 35.8. The number of aliphatic hydroxyl groups excluding tert-OH is 8. The summed E-state index contributed by atoms with van der Waals surface area (Å²) in [5.74, 6) is -0.299. The van der Waals surface area contributed by atoms with Gasteiger partial charge in [-0.2, -0.15) is 0 Å². The van der Waals surface area contributed by atoms with Gasteiger partial charge in [-0.25, -0.2) is 0 Å². The molecule has 2 rings (SSSR count). The molecule has 0 radical (unpaired) electrons. The minimum atomic E-state index is -1.80. The van der Waals surface area contributed by atoms with Gasteiger partial charge in [0.05, 0.1) is 32.0 Å². The highest BCUT2D eigenvalue weighted by molar-refractivity contribution is 5.76. The van der Waals surface area contributed by atoms with Gasteiger partial charge in [0, 0.05) is 6.42 Å². The molecule has 0 aromatic carbocycles. The molecule has 0 bridgehead atoms. The highest BCUT2D eigenvalue weighted by Gasteiger charge is 2.51. The minimum absolute atomic E-state index is 0.194. The van der Waals surface area contributed by atoms with Gasteiger partial charge < -0.3 is 65.1 Å². The maximum Gasteiger partial charge on any atom is 0.220 e. The number of carbonyl (C=O) groups excluding carboxylic acids is 1. The Labute approximate surface area is 546 Å². The van der Waals surface area contributed by atoms with Gasteiger partial charge in [-0.05, 0) is 83.5 Å². The van der Waals surface area contributed by atoms with Crippen LogP contribution in [0, 0.1) is 0 Å². The Morgan fingerprint density at radius 3 is 1.17 bits per heavy atom. The van der Waals surface area contributed by atoms with E-state index in [0.29, 0.717) is 12.8 Å². The van der Waals surface area contributed by atoms with Crippen molar-refractivity contribution in [2.45, 2.75) is 331 Å². The van der Waals surface area contributed by atoms with E-state index in [-0.39, 0.29) is 18.9 Å². The number of aliphatic hydroxyl groups is 8. The first kappa shape index (κ1) is 82.5. The molecule has 0 aromatic heterocycles. The number of allylic oxidation sites excluding steroid dienone is 19. The van der Waals surface area contributed by atoms with Crippen LogP contribution in [0.1, 0.15) is 258 Å². The lowest BCUT2D eigenvalue weighted by molar-refractivity contribution is -0.359. The van der Waals surface area contributed by atoms with Crippen molar-refractivity contribution in [3.63, 3.8) is 0 Å². The zero-order valence-corrected chi connectivity index (χ0v) is 56.1. The number of unbranched alkanes of at least 4 members (excludes halogenated alkanes) is 26. The van der Waals surface area contributed by atoms with Crippen LogP contribution in [0.5, 0.6) is 0 Å². The topological polar surface area (TPSA) is 228 Å². The third-order valence-electron chi connectivity index (χ3n) is 16.7. The quantitative estimate of drug-likeness (QED) is 0.0204. The molecule has 516 valence electrons. The number of ether oxygens (including phenoxy) is 4. The fourth-order valence-electron chi connectivity index (χ4n) is 11.0. The van der Waals surface area contributed by atoms with Gasteiger partial charge in [0.15, 0.2) is 12.6 Å². The van der Waals surface area contributed by atoms with Gasteiger partial charge in [0.2, 0.25) is 5.91 Å². The predicted molar refractivity (Wildman–Crippen MR) is 368 cm³/mol. The molecule has 2 saturated heterocycles. The minimum Gasteiger partial charge on any atom is -0.394 e. The third-order valence-corrected chi connectivity index (χ3v) is 16.7. The van der Waals surface area contributed by atoms with Crippen LogP contribution in [0.2, 0.25) is 0 Å². The van der Waals surface area contributed by atoms with E-state index in [0.717, 1.165) is 83.5 Å². The summed E-state index contributed by atoms with van der Waals surface area (Å²) in [6.07, 6.45) is 69.7. The van der Waals surface area contributed by atoms with Crippen LogP contribution in [-0.2, 0) is 23.7 Å². The van der Waals surface area contributed by atoms with Gasteiger partial charge in [-0.15, -0.1) is 0 Å². The third kappa shape index (κ3) is 42.6. The number of rotatable bonds is 57. The Bertz CT molecular complexity index is 1980. The summed E-state index contributed by atoms with van der Waals surface area (Å²) in [4.78, 5) is 13.3. The fourth-order valence-corrected chi connectivity index (χ4v) is 11.0. The van der Waals surface area contributed by atoms with E-state index in [1.54, 1.807) is 6.08 Å². The molecular weight excluding hydrogens is 1130 g/mol. The highest BCUT2D eigenvalue weighted by Crippen LogP contribution is 2.30. The number of hydrogen-bond acceptors (Lipinski definition) is 13. The molecule has 12 atom stereocenters. The first-order valence-electron chi connectivity index (χ1n) is 35.8. The van der Waals surface area contributed by atoms with Crippen LogP contribution < -0.4 is 5.32 Å². The lowest BCUT2D eigenvalue weighted by atomic mass is 9.97. The van der Waals surface area contributed by atoms with Crippen LogP contribution in [0.15, 0.2) is 122 Å². The van der Waals surface area contributed by atoms with E-state index in [4.69, 9.17) is 18.9 Å². The Balaban J connectivity index is 1.73. The van der Waals surface area contributed by atoms with Crippen molar-refractivity contribution in [2.24, 2.45) is 0 Å². The molecule has 1 amide bonds. The smallest absolute Gasteiger partial charge is 0.220 e. The SMILES string of the molecule is CC/C=C\C/C=C\C/C=C\C/C=C\C/C=C\C/C=C\C/C=C\C/C=C\C/C=C\CCCC(=O)NC(COC1OC(CO)C(OC2OC(CO)C(O)C(O)C2O)C(O)C1O)C(O)/C=C/CCCCCCCCCCCCCCCCCCCCCCCCCCC. The average Bonchev–Trinajstić information content (AvgIpc) is 1.26. The highest BCUT2D eigenvalue weighted by atomic mass is 16.7. The van der Waals surface area contributed by atoms with E-state index in [1.807, 2.05) is 6.08 Å². The summed E-state index contributed by atoms with van der Waals surface area (Å²) in [6, 6.07) is -0.957. The summed E-state index contributed by atoms with van der Waals surface area (Å²) >= 11 is 0. The molecule has 2 aliphatic heterocycles. The molecule has 0 aromatic rings. The van der Waals surface area contributed by atoms with E-state index >= 15 is 0 Å². The summed E-state index contributed by atoms with van der Waals surface area (Å²) < 4.78 is 22.8. The Hall–Kier alpha value is -3.61. The standard InChI is InChI=1S/C76H129NO13/c1-3-5-7-9-11-13-15-17-19-21-23-25-27-29-31-32-34-36-38-40-42-44-46-48-50-52-54-56-58-60-68(81)77-64(63-87-75-73(86)71(84)74(67(62-79)89-75)90-76-72(85)70(83)69(82)66(61-78)88-76)65(80)59-57-55-53-51-49-47-45-43-41-39-37-35-33-30-28-26-24-22-20-18-16-14-12-10-8-6-4-2/h5,7,11,13,17,19,23,25,29,31,34,36,40,42,46,48,52,54,57,59,64-67,69-76,78-80,82-86H,3-4,6,8-10,12,14-16,18,20-22,24,26-28,30,32-33,35,37-39,41,43-45,47,49-51,53,55-56,58,60-63H2,1-2H3,(H,77,81)/b7-5-,13-11-,19-17-,25-23-,31-29-,36-34-,42-40-,48-46-,54-52-,59-57+. The zero-order valence-electron chi connectivity index (χ0n) is 56.1. The number of amides is 1. The van der Waals surface area contributed by atoms with E-state index in [1.165, 1.54) is 141 Å². The van der Waals surface area contributed by atoms with Gasteiger partial charge in [0.25, 0.3) is 0 Å². The molecule has 14 nitrogen and oxygen atoms in total. The Morgan fingerprint density at radius 2 is 0.767 bits per heavy atom. The molecule has 90 heavy (non-hydrogen) atoms. The second-order valence-electron chi connectivity index (χ2n) is 24.6. The van der Waals surface area contributed by atoms with Crippen molar-refractivity contribution in [1.82, 2.24) is 5.32 Å². The van der Waals surface area contributed by atoms with Crippen LogP contribution in [0.4, 0.5) is 0 Å². The van der Waals surface area contributed by atoms with Crippen LogP contribution >= 0.6 is 0 Å². The van der Waals surface area contributed by atoms with E-state index in [9.17, 15) is 45.6 Å². The monoisotopic (exact) mass is 1260 g/mol. The molecule has 2 fully saturated rings. The Morgan fingerprint density at radius 1 is 0.411 bits per heavy atom. The normalized spacial score (nSPS) is 23.7. The summed E-state index contributed by atoms with van der Waals surface area (Å²) in [5.41, 5.74) is 0. The van der Waals surface area contributed by atoms with Crippen LogP contribution in [0.3, 0.4) is 0 Å². The molecular formula is C76H129NO13. The van der Waals surface area contributed by atoms with Crippen molar-refractivity contribution in [3.8, 4) is 0 Å². The van der Waals surface area contributed by atoms with Crippen molar-refractivity contribution in [2.75, 3.05) is 19.8 Å². The molecule has 12 unspecified atom stereocenters. The predicted octanol–water partition coefficient (Wildman–Crippen LogP) is 14.9. The number of hydrogen-bond donors (Lipinski definition) is 9.